The molecule has 0 spiro atoms. The van der Waals surface area contributed by atoms with Crippen molar-refractivity contribution in [1.82, 2.24) is 4.90 Å². The van der Waals surface area contributed by atoms with E-state index in [1.807, 2.05) is 5.38 Å². The summed E-state index contributed by atoms with van der Waals surface area (Å²) >= 11 is 1.40. The van der Waals surface area contributed by atoms with Gasteiger partial charge in [-0.2, -0.15) is 0 Å². The molecule has 0 bridgehead atoms. The second kappa shape index (κ2) is 5.72. The number of hydrogen-bond donors (Lipinski definition) is 1. The van der Waals surface area contributed by atoms with E-state index < -0.39 is 0 Å². The van der Waals surface area contributed by atoms with Crippen molar-refractivity contribution in [2.75, 3.05) is 27.2 Å². The van der Waals surface area contributed by atoms with Crippen molar-refractivity contribution < 1.29 is 9.53 Å². The number of carbonyl (C=O) groups excluding carboxylic acids is 1. The third-order valence-electron chi connectivity index (χ3n) is 2.09. The third-order valence-corrected chi connectivity index (χ3v) is 2.97. The van der Waals surface area contributed by atoms with Crippen LogP contribution in [0.5, 0.6) is 5.75 Å². The predicted molar refractivity (Wildman–Crippen MR) is 61.5 cm³/mol. The monoisotopic (exact) mass is 228 g/mol. The van der Waals surface area contributed by atoms with E-state index >= 15 is 0 Å². The van der Waals surface area contributed by atoms with Crippen LogP contribution in [0.25, 0.3) is 0 Å². The van der Waals surface area contributed by atoms with E-state index in [2.05, 4.69) is 0 Å². The Morgan fingerprint density at radius 1 is 1.67 bits per heavy atom. The predicted octanol–water partition coefficient (Wildman–Crippen LogP) is 1.18. The molecule has 15 heavy (non-hydrogen) atoms. The fourth-order valence-corrected chi connectivity index (χ4v) is 2.07. The van der Waals surface area contributed by atoms with Crippen molar-refractivity contribution in [2.24, 2.45) is 5.73 Å². The zero-order valence-corrected chi connectivity index (χ0v) is 9.84. The summed E-state index contributed by atoms with van der Waals surface area (Å²) in [5, 5.41) is 1.85. The van der Waals surface area contributed by atoms with E-state index in [4.69, 9.17) is 10.5 Å². The first kappa shape index (κ1) is 12.0. The molecule has 5 heteroatoms. The topological polar surface area (TPSA) is 55.6 Å². The van der Waals surface area contributed by atoms with Crippen LogP contribution in [0, 0.1) is 0 Å². The average molecular weight is 228 g/mol. The number of nitrogens with zero attached hydrogens (tertiary/aromatic N) is 1. The van der Waals surface area contributed by atoms with E-state index in [0.717, 1.165) is 6.42 Å². The maximum Gasteiger partial charge on any atom is 0.267 e. The Morgan fingerprint density at radius 3 is 3.00 bits per heavy atom. The minimum Gasteiger partial charge on any atom is -0.495 e. The maximum atomic E-state index is 11.9. The van der Waals surface area contributed by atoms with Crippen LogP contribution in [-0.2, 0) is 0 Å². The summed E-state index contributed by atoms with van der Waals surface area (Å²) in [6, 6.07) is 1.80. The molecule has 0 aliphatic heterocycles. The summed E-state index contributed by atoms with van der Waals surface area (Å²) in [5.74, 6) is 0.639. The Hall–Kier alpha value is -1.07. The van der Waals surface area contributed by atoms with E-state index in [0.29, 0.717) is 23.7 Å². The number of nitrogens with two attached hydrogens (primary N) is 1. The molecular formula is C10H16N2O2S. The van der Waals surface area contributed by atoms with Crippen LogP contribution < -0.4 is 10.5 Å². The fraction of sp³-hybridized carbons (Fsp3) is 0.500. The number of hydrogen-bond acceptors (Lipinski definition) is 4. The van der Waals surface area contributed by atoms with Crippen LogP contribution >= 0.6 is 11.3 Å². The minimum absolute atomic E-state index is 0.00435. The Bertz CT molecular complexity index is 325. The first-order valence-electron chi connectivity index (χ1n) is 4.77. The third kappa shape index (κ3) is 2.94. The molecule has 4 nitrogen and oxygen atoms in total. The van der Waals surface area contributed by atoms with Crippen LogP contribution in [0.3, 0.4) is 0 Å². The Kier molecular flexibility index (Phi) is 4.58. The molecule has 0 fully saturated rings. The van der Waals surface area contributed by atoms with Crippen LogP contribution in [-0.4, -0.2) is 38.1 Å². The van der Waals surface area contributed by atoms with Gasteiger partial charge < -0.3 is 15.4 Å². The van der Waals surface area contributed by atoms with Crippen LogP contribution in [0.15, 0.2) is 11.4 Å². The van der Waals surface area contributed by atoms with Crippen molar-refractivity contribution in [3.63, 3.8) is 0 Å². The van der Waals surface area contributed by atoms with Gasteiger partial charge in [-0.3, -0.25) is 4.79 Å². The number of ether oxygens (including phenoxy) is 1. The lowest BCUT2D eigenvalue weighted by atomic mass is 10.3. The lowest BCUT2D eigenvalue weighted by Crippen LogP contribution is -2.28. The normalized spacial score (nSPS) is 10.1. The quantitative estimate of drug-likeness (QED) is 0.823. The highest BCUT2D eigenvalue weighted by Gasteiger charge is 2.17. The van der Waals surface area contributed by atoms with E-state index in [9.17, 15) is 4.79 Å². The molecule has 0 saturated heterocycles. The molecule has 0 saturated carbocycles. The van der Waals surface area contributed by atoms with Gasteiger partial charge in [0.2, 0.25) is 0 Å². The van der Waals surface area contributed by atoms with Crippen molar-refractivity contribution >= 4 is 17.2 Å². The molecule has 0 atom stereocenters. The highest BCUT2D eigenvalue weighted by atomic mass is 32.1. The Morgan fingerprint density at radius 2 is 2.40 bits per heavy atom. The smallest absolute Gasteiger partial charge is 0.267 e. The van der Waals surface area contributed by atoms with Crippen molar-refractivity contribution in [3.05, 3.63) is 16.3 Å². The van der Waals surface area contributed by atoms with E-state index in [-0.39, 0.29) is 5.91 Å². The van der Waals surface area contributed by atoms with Gasteiger partial charge in [0.25, 0.3) is 5.91 Å². The maximum absolute atomic E-state index is 11.9. The van der Waals surface area contributed by atoms with Crippen molar-refractivity contribution in [2.45, 2.75) is 6.42 Å². The van der Waals surface area contributed by atoms with Crippen LogP contribution in [0.2, 0.25) is 0 Å². The van der Waals surface area contributed by atoms with E-state index in [1.54, 1.807) is 25.1 Å². The molecule has 2 N–H and O–H groups in total. The summed E-state index contributed by atoms with van der Waals surface area (Å²) in [7, 11) is 3.34. The second-order valence-corrected chi connectivity index (χ2v) is 4.10. The molecule has 84 valence electrons. The summed E-state index contributed by atoms with van der Waals surface area (Å²) in [5.41, 5.74) is 5.39. The Labute approximate surface area is 93.6 Å². The van der Waals surface area contributed by atoms with Gasteiger partial charge in [0.1, 0.15) is 10.6 Å². The minimum atomic E-state index is -0.00435. The largest absolute Gasteiger partial charge is 0.495 e. The molecule has 1 rings (SSSR count). The first-order chi connectivity index (χ1) is 7.20. The standard InChI is InChI=1S/C10H16N2O2S/c1-12(6-3-5-11)10(13)9-8(14-2)4-7-15-9/h4,7H,3,5-6,11H2,1-2H3. The highest BCUT2D eigenvalue weighted by Crippen LogP contribution is 2.25. The summed E-state index contributed by atoms with van der Waals surface area (Å²) < 4.78 is 5.10. The van der Waals surface area contributed by atoms with Crippen LogP contribution in [0.4, 0.5) is 0 Å². The van der Waals surface area contributed by atoms with Gasteiger partial charge in [-0.05, 0) is 24.4 Å². The molecule has 0 aromatic carbocycles. The van der Waals surface area contributed by atoms with Crippen molar-refractivity contribution in [1.29, 1.82) is 0 Å². The molecule has 1 heterocycles. The average Bonchev–Trinajstić information content (AvgIpc) is 2.72. The molecule has 1 amide bonds. The summed E-state index contributed by atoms with van der Waals surface area (Å²) in [6.07, 6.45) is 0.815. The second-order valence-electron chi connectivity index (χ2n) is 3.19. The van der Waals surface area contributed by atoms with Gasteiger partial charge in [0.05, 0.1) is 7.11 Å². The lowest BCUT2D eigenvalue weighted by Gasteiger charge is -2.16. The fourth-order valence-electron chi connectivity index (χ4n) is 1.22. The van der Waals surface area contributed by atoms with Gasteiger partial charge in [0, 0.05) is 13.6 Å². The summed E-state index contributed by atoms with van der Waals surface area (Å²) in [4.78, 5) is 14.2. The van der Waals surface area contributed by atoms with Gasteiger partial charge in [-0.25, -0.2) is 0 Å². The molecule has 0 aliphatic carbocycles. The van der Waals surface area contributed by atoms with Gasteiger partial charge in [0.15, 0.2) is 0 Å². The number of rotatable bonds is 5. The lowest BCUT2D eigenvalue weighted by molar-refractivity contribution is 0.0796. The molecule has 0 radical (unpaired) electrons. The Balaban J connectivity index is 2.67. The number of thiophene rings is 1. The van der Waals surface area contributed by atoms with Gasteiger partial charge in [-0.1, -0.05) is 0 Å². The highest BCUT2D eigenvalue weighted by molar-refractivity contribution is 7.12. The number of methoxy groups -OCH3 is 1. The first-order valence-corrected chi connectivity index (χ1v) is 5.65. The molecule has 1 aromatic heterocycles. The van der Waals surface area contributed by atoms with Crippen molar-refractivity contribution in [3.8, 4) is 5.75 Å². The molecule has 0 aliphatic rings. The molecular weight excluding hydrogens is 212 g/mol. The molecule has 0 unspecified atom stereocenters. The zero-order valence-electron chi connectivity index (χ0n) is 9.03. The van der Waals surface area contributed by atoms with Crippen LogP contribution in [0.1, 0.15) is 16.1 Å². The SMILES string of the molecule is COc1ccsc1C(=O)N(C)CCCN. The van der Waals surface area contributed by atoms with Gasteiger partial charge >= 0.3 is 0 Å². The number of carbonyl (C=O) groups is 1. The molecule has 1 aromatic rings. The number of amides is 1. The summed E-state index contributed by atoms with van der Waals surface area (Å²) in [6.45, 7) is 1.27. The van der Waals surface area contributed by atoms with Gasteiger partial charge in [-0.15, -0.1) is 11.3 Å². The van der Waals surface area contributed by atoms with E-state index in [1.165, 1.54) is 11.3 Å². The zero-order chi connectivity index (χ0) is 11.3.